The predicted molar refractivity (Wildman–Crippen MR) is 93.3 cm³/mol. The van der Waals surface area contributed by atoms with E-state index in [0.717, 1.165) is 5.56 Å². The Morgan fingerprint density at radius 2 is 1.78 bits per heavy atom. The molecule has 0 saturated heterocycles. The summed E-state index contributed by atoms with van der Waals surface area (Å²) in [5, 5.41) is 15.0. The number of halogens is 2. The van der Waals surface area contributed by atoms with Crippen molar-refractivity contribution in [2.24, 2.45) is 0 Å². The highest BCUT2D eigenvalue weighted by Crippen LogP contribution is 2.30. The molecule has 0 atom stereocenters. The van der Waals surface area contributed by atoms with Crippen LogP contribution in [0.25, 0.3) is 0 Å². The SMILES string of the molecule is Clc1cccc(Nc2nncc(NCc3ccccc3)n2)c1Cl. The molecule has 3 rings (SSSR count). The van der Waals surface area contributed by atoms with Crippen LogP contribution in [0.15, 0.2) is 54.7 Å². The molecule has 5 nitrogen and oxygen atoms in total. The first-order valence-electron chi connectivity index (χ1n) is 6.91. The van der Waals surface area contributed by atoms with Crippen LogP contribution in [-0.2, 0) is 6.54 Å². The number of hydrogen-bond acceptors (Lipinski definition) is 5. The maximum atomic E-state index is 6.14. The average Bonchev–Trinajstić information content (AvgIpc) is 2.59. The van der Waals surface area contributed by atoms with Crippen LogP contribution >= 0.6 is 23.2 Å². The van der Waals surface area contributed by atoms with Crippen molar-refractivity contribution in [2.45, 2.75) is 6.54 Å². The normalized spacial score (nSPS) is 10.3. The zero-order valence-electron chi connectivity index (χ0n) is 12.0. The van der Waals surface area contributed by atoms with E-state index in [-0.39, 0.29) is 0 Å². The third-order valence-electron chi connectivity index (χ3n) is 3.07. The van der Waals surface area contributed by atoms with Gasteiger partial charge in [-0.2, -0.15) is 10.1 Å². The number of nitrogens with one attached hydrogen (secondary N) is 2. The molecule has 2 aromatic carbocycles. The van der Waals surface area contributed by atoms with E-state index < -0.39 is 0 Å². The lowest BCUT2D eigenvalue weighted by atomic mass is 10.2. The molecular weight excluding hydrogens is 333 g/mol. The molecule has 23 heavy (non-hydrogen) atoms. The van der Waals surface area contributed by atoms with Crippen molar-refractivity contribution in [1.29, 1.82) is 0 Å². The summed E-state index contributed by atoms with van der Waals surface area (Å²) in [5.74, 6) is 0.955. The maximum absolute atomic E-state index is 6.14. The van der Waals surface area contributed by atoms with Gasteiger partial charge in [0.2, 0.25) is 5.95 Å². The highest BCUT2D eigenvalue weighted by atomic mass is 35.5. The molecule has 0 fully saturated rings. The Morgan fingerprint density at radius 1 is 0.957 bits per heavy atom. The largest absolute Gasteiger partial charge is 0.365 e. The number of hydrogen-bond donors (Lipinski definition) is 2. The molecule has 7 heteroatoms. The summed E-state index contributed by atoms with van der Waals surface area (Å²) in [7, 11) is 0. The van der Waals surface area contributed by atoms with Crippen molar-refractivity contribution in [3.8, 4) is 0 Å². The quantitative estimate of drug-likeness (QED) is 0.710. The Bertz CT molecular complexity index is 795. The van der Waals surface area contributed by atoms with Gasteiger partial charge in [0.1, 0.15) is 0 Å². The molecule has 0 spiro atoms. The van der Waals surface area contributed by atoms with Gasteiger partial charge in [0.15, 0.2) is 5.82 Å². The zero-order chi connectivity index (χ0) is 16.1. The van der Waals surface area contributed by atoms with E-state index in [2.05, 4.69) is 25.8 Å². The van der Waals surface area contributed by atoms with Crippen LogP contribution in [0.1, 0.15) is 5.56 Å². The molecule has 0 aliphatic carbocycles. The monoisotopic (exact) mass is 345 g/mol. The molecule has 1 heterocycles. The van der Waals surface area contributed by atoms with Gasteiger partial charge in [-0.05, 0) is 17.7 Å². The molecule has 0 amide bonds. The van der Waals surface area contributed by atoms with E-state index in [9.17, 15) is 0 Å². The Labute approximate surface area is 143 Å². The molecule has 0 bridgehead atoms. The fraction of sp³-hybridized carbons (Fsp3) is 0.0625. The lowest BCUT2D eigenvalue weighted by molar-refractivity contribution is 0.966. The van der Waals surface area contributed by atoms with Gasteiger partial charge in [0, 0.05) is 6.54 Å². The Hall–Kier alpha value is -2.37. The smallest absolute Gasteiger partial charge is 0.249 e. The van der Waals surface area contributed by atoms with Gasteiger partial charge in [-0.25, -0.2) is 0 Å². The van der Waals surface area contributed by atoms with Gasteiger partial charge in [-0.1, -0.05) is 59.6 Å². The second-order valence-corrected chi connectivity index (χ2v) is 5.52. The van der Waals surface area contributed by atoms with Gasteiger partial charge in [-0.15, -0.1) is 5.10 Å². The summed E-state index contributed by atoms with van der Waals surface area (Å²) in [6, 6.07) is 15.3. The van der Waals surface area contributed by atoms with Gasteiger partial charge >= 0.3 is 0 Å². The lowest BCUT2D eigenvalue weighted by Crippen LogP contribution is -2.05. The van der Waals surface area contributed by atoms with E-state index in [0.29, 0.717) is 34.0 Å². The minimum absolute atomic E-state index is 0.340. The molecule has 2 N–H and O–H groups in total. The van der Waals surface area contributed by atoms with Gasteiger partial charge in [0.25, 0.3) is 0 Å². The highest BCUT2D eigenvalue weighted by Gasteiger charge is 2.07. The van der Waals surface area contributed by atoms with Crippen LogP contribution in [0.3, 0.4) is 0 Å². The van der Waals surface area contributed by atoms with E-state index in [4.69, 9.17) is 23.2 Å². The third kappa shape index (κ3) is 4.09. The number of aromatic nitrogens is 3. The van der Waals surface area contributed by atoms with Crippen molar-refractivity contribution in [3.05, 3.63) is 70.3 Å². The molecular formula is C16H13Cl2N5. The number of benzene rings is 2. The van der Waals surface area contributed by atoms with Crippen LogP contribution in [0.2, 0.25) is 10.0 Å². The highest BCUT2D eigenvalue weighted by molar-refractivity contribution is 6.43. The van der Waals surface area contributed by atoms with E-state index in [1.165, 1.54) is 0 Å². The van der Waals surface area contributed by atoms with Crippen LogP contribution in [0.5, 0.6) is 0 Å². The molecule has 116 valence electrons. The first kappa shape index (κ1) is 15.5. The fourth-order valence-electron chi connectivity index (χ4n) is 1.95. The fourth-order valence-corrected chi connectivity index (χ4v) is 2.30. The van der Waals surface area contributed by atoms with Crippen LogP contribution in [0, 0.1) is 0 Å². The summed E-state index contributed by atoms with van der Waals surface area (Å²) in [6.45, 7) is 0.650. The van der Waals surface area contributed by atoms with Crippen LogP contribution in [0.4, 0.5) is 17.5 Å². The Balaban J connectivity index is 1.71. The molecule has 1 aromatic heterocycles. The lowest BCUT2D eigenvalue weighted by Gasteiger charge is -2.09. The molecule has 3 aromatic rings. The van der Waals surface area contributed by atoms with E-state index >= 15 is 0 Å². The molecule has 0 saturated carbocycles. The molecule has 0 unspecified atom stereocenters. The Kier molecular flexibility index (Phi) is 4.90. The summed E-state index contributed by atoms with van der Waals surface area (Å²) >= 11 is 12.1. The minimum atomic E-state index is 0.340. The maximum Gasteiger partial charge on any atom is 0.249 e. The van der Waals surface area contributed by atoms with E-state index in [1.807, 2.05) is 30.3 Å². The molecule has 0 aliphatic rings. The predicted octanol–water partition coefficient (Wildman–Crippen LogP) is 4.53. The van der Waals surface area contributed by atoms with Crippen molar-refractivity contribution in [2.75, 3.05) is 10.6 Å². The Morgan fingerprint density at radius 3 is 2.61 bits per heavy atom. The van der Waals surface area contributed by atoms with Crippen molar-refractivity contribution >= 4 is 40.7 Å². The molecule has 0 radical (unpaired) electrons. The van der Waals surface area contributed by atoms with Crippen LogP contribution < -0.4 is 10.6 Å². The second kappa shape index (κ2) is 7.26. The summed E-state index contributed by atoms with van der Waals surface area (Å²) in [5.41, 5.74) is 1.78. The van der Waals surface area contributed by atoms with Crippen molar-refractivity contribution in [1.82, 2.24) is 15.2 Å². The standard InChI is InChI=1S/C16H13Cl2N5/c17-12-7-4-8-13(15(12)18)21-16-22-14(10-20-23-16)19-9-11-5-2-1-3-6-11/h1-8,10H,9H2,(H2,19,21,22,23). The summed E-state index contributed by atoms with van der Waals surface area (Å²) in [6.07, 6.45) is 1.56. The van der Waals surface area contributed by atoms with Gasteiger partial charge < -0.3 is 10.6 Å². The number of nitrogens with zero attached hydrogens (tertiary/aromatic N) is 3. The van der Waals surface area contributed by atoms with E-state index in [1.54, 1.807) is 24.4 Å². The third-order valence-corrected chi connectivity index (χ3v) is 3.89. The molecule has 0 aliphatic heterocycles. The zero-order valence-corrected chi connectivity index (χ0v) is 13.5. The van der Waals surface area contributed by atoms with Gasteiger partial charge in [0.05, 0.1) is 21.9 Å². The second-order valence-electron chi connectivity index (χ2n) is 4.73. The summed E-state index contributed by atoms with van der Waals surface area (Å²) < 4.78 is 0. The first-order valence-corrected chi connectivity index (χ1v) is 7.66. The van der Waals surface area contributed by atoms with Crippen LogP contribution in [-0.4, -0.2) is 15.2 Å². The average molecular weight is 346 g/mol. The minimum Gasteiger partial charge on any atom is -0.365 e. The number of anilines is 3. The van der Waals surface area contributed by atoms with Crippen molar-refractivity contribution < 1.29 is 0 Å². The topological polar surface area (TPSA) is 62.7 Å². The first-order chi connectivity index (χ1) is 11.2. The summed E-state index contributed by atoms with van der Waals surface area (Å²) in [4.78, 5) is 4.36. The van der Waals surface area contributed by atoms with Gasteiger partial charge in [-0.3, -0.25) is 0 Å². The number of rotatable bonds is 5. The van der Waals surface area contributed by atoms with Crippen molar-refractivity contribution in [3.63, 3.8) is 0 Å².